The standard InChI is InChI=1S/C70H48N2O/c1-69(2)59-30-14-9-25-51(59)54-39-36-47(42-62(54)69)72(65-33-17-12-24-50(65)45-20-5-3-6-21-45)49-38-41-56-53-27-11-16-32-61(53)70(64(56)44-49)60-31-15-10-26-52(60)55-40-37-48(43-63(55)70)71(46-22-7-4-8-23-46)66-34-19-29-58-57-28-13-18-35-67(57)73-68(58)66/h3-44H,1-2H3. The summed E-state index contributed by atoms with van der Waals surface area (Å²) in [5.74, 6) is 0. The van der Waals surface area contributed by atoms with Crippen LogP contribution in [-0.2, 0) is 10.8 Å². The van der Waals surface area contributed by atoms with Gasteiger partial charge in [0.2, 0.25) is 0 Å². The number of furan rings is 1. The van der Waals surface area contributed by atoms with Gasteiger partial charge in [-0.25, -0.2) is 0 Å². The summed E-state index contributed by atoms with van der Waals surface area (Å²) in [6.07, 6.45) is 0. The fourth-order valence-corrected chi connectivity index (χ4v) is 13.1. The maximum atomic E-state index is 6.79. The smallest absolute Gasteiger partial charge is 0.159 e. The molecule has 0 saturated heterocycles. The molecule has 73 heavy (non-hydrogen) atoms. The first-order chi connectivity index (χ1) is 36.0. The summed E-state index contributed by atoms with van der Waals surface area (Å²) in [6, 6.07) is 94.1. The van der Waals surface area contributed by atoms with Crippen molar-refractivity contribution in [3.63, 3.8) is 0 Å². The average Bonchev–Trinajstić information content (AvgIpc) is 4.24. The quantitative estimate of drug-likeness (QED) is 0.159. The van der Waals surface area contributed by atoms with Gasteiger partial charge in [0, 0.05) is 44.5 Å². The van der Waals surface area contributed by atoms with E-state index in [0.29, 0.717) is 0 Å². The molecule has 11 aromatic carbocycles. The number of nitrogens with zero attached hydrogens (tertiary/aromatic N) is 2. The largest absolute Gasteiger partial charge is 0.454 e. The van der Waals surface area contributed by atoms with Crippen molar-refractivity contribution in [2.45, 2.75) is 24.7 Å². The van der Waals surface area contributed by atoms with Crippen LogP contribution < -0.4 is 9.80 Å². The van der Waals surface area contributed by atoms with Gasteiger partial charge in [0.05, 0.1) is 16.8 Å². The van der Waals surface area contributed by atoms with Crippen molar-refractivity contribution in [1.29, 1.82) is 0 Å². The third-order valence-corrected chi connectivity index (χ3v) is 16.3. The number of hydrogen-bond donors (Lipinski definition) is 0. The molecule has 1 unspecified atom stereocenters. The summed E-state index contributed by atoms with van der Waals surface area (Å²) in [4.78, 5) is 4.90. The summed E-state index contributed by atoms with van der Waals surface area (Å²) in [5, 5.41) is 2.21. The van der Waals surface area contributed by atoms with Crippen LogP contribution in [0.5, 0.6) is 0 Å². The zero-order chi connectivity index (χ0) is 48.4. The van der Waals surface area contributed by atoms with Crippen molar-refractivity contribution in [1.82, 2.24) is 0 Å². The lowest BCUT2D eigenvalue weighted by Crippen LogP contribution is -2.26. The topological polar surface area (TPSA) is 19.6 Å². The summed E-state index contributed by atoms with van der Waals surface area (Å²) >= 11 is 0. The van der Waals surface area contributed by atoms with Gasteiger partial charge >= 0.3 is 0 Å². The number of anilines is 6. The number of rotatable bonds is 7. The molecule has 0 saturated carbocycles. The molecule has 3 nitrogen and oxygen atoms in total. The molecule has 0 fully saturated rings. The molecule has 1 spiro atoms. The molecular weight excluding hydrogens is 885 g/mol. The van der Waals surface area contributed by atoms with Crippen LogP contribution in [-0.4, -0.2) is 0 Å². The van der Waals surface area contributed by atoms with Crippen molar-refractivity contribution in [2.24, 2.45) is 0 Å². The second kappa shape index (κ2) is 15.7. The summed E-state index contributed by atoms with van der Waals surface area (Å²) in [5.41, 5.74) is 25.2. The molecule has 15 rings (SSSR count). The minimum atomic E-state index is -0.635. The van der Waals surface area contributed by atoms with Crippen LogP contribution in [0.4, 0.5) is 34.1 Å². The van der Waals surface area contributed by atoms with Crippen LogP contribution in [0.15, 0.2) is 259 Å². The highest BCUT2D eigenvalue weighted by Crippen LogP contribution is 2.64. The molecule has 0 aliphatic heterocycles. The van der Waals surface area contributed by atoms with E-state index >= 15 is 0 Å². The van der Waals surface area contributed by atoms with Gasteiger partial charge < -0.3 is 14.2 Å². The van der Waals surface area contributed by atoms with Crippen molar-refractivity contribution in [3.8, 4) is 44.5 Å². The molecule has 0 amide bonds. The number of hydrogen-bond acceptors (Lipinski definition) is 3. The van der Waals surface area contributed by atoms with Crippen LogP contribution in [0.3, 0.4) is 0 Å². The van der Waals surface area contributed by atoms with Crippen LogP contribution in [0.25, 0.3) is 66.4 Å². The van der Waals surface area contributed by atoms with Gasteiger partial charge in [-0.15, -0.1) is 0 Å². The van der Waals surface area contributed by atoms with E-state index in [9.17, 15) is 0 Å². The third kappa shape index (κ3) is 5.88. The van der Waals surface area contributed by atoms with E-state index in [1.54, 1.807) is 0 Å². The van der Waals surface area contributed by atoms with Gasteiger partial charge in [0.15, 0.2) is 5.58 Å². The predicted octanol–water partition coefficient (Wildman–Crippen LogP) is 18.8. The first-order valence-electron chi connectivity index (χ1n) is 25.4. The van der Waals surface area contributed by atoms with Crippen LogP contribution in [0.2, 0.25) is 0 Å². The maximum Gasteiger partial charge on any atom is 0.159 e. The Morgan fingerprint density at radius 2 is 0.740 bits per heavy atom. The Morgan fingerprint density at radius 1 is 0.301 bits per heavy atom. The first kappa shape index (κ1) is 41.6. The van der Waals surface area contributed by atoms with Crippen LogP contribution in [0, 0.1) is 0 Å². The highest BCUT2D eigenvalue weighted by atomic mass is 16.3. The number of fused-ring (bicyclic) bond motifs is 16. The Hall–Kier alpha value is -9.18. The van der Waals surface area contributed by atoms with Crippen molar-refractivity contribution < 1.29 is 4.42 Å². The molecule has 0 bridgehead atoms. The van der Waals surface area contributed by atoms with Gasteiger partial charge in [-0.3, -0.25) is 0 Å². The number of para-hydroxylation sites is 4. The molecule has 1 aromatic heterocycles. The van der Waals surface area contributed by atoms with Crippen molar-refractivity contribution >= 4 is 56.1 Å². The molecule has 3 aliphatic carbocycles. The van der Waals surface area contributed by atoms with Gasteiger partial charge in [0.1, 0.15) is 5.58 Å². The lowest BCUT2D eigenvalue weighted by atomic mass is 9.70. The van der Waals surface area contributed by atoms with Gasteiger partial charge in [-0.2, -0.15) is 0 Å². The van der Waals surface area contributed by atoms with E-state index in [-0.39, 0.29) is 5.41 Å². The fourth-order valence-electron chi connectivity index (χ4n) is 13.1. The molecule has 3 aliphatic rings. The molecule has 3 heteroatoms. The van der Waals surface area contributed by atoms with Crippen LogP contribution in [0.1, 0.15) is 47.2 Å². The lowest BCUT2D eigenvalue weighted by molar-refractivity contribution is 0.660. The number of benzene rings is 11. The highest BCUT2D eigenvalue weighted by molar-refractivity contribution is 6.10. The second-order valence-corrected chi connectivity index (χ2v) is 20.3. The Balaban J connectivity index is 0.985. The molecule has 0 N–H and O–H groups in total. The summed E-state index contributed by atoms with van der Waals surface area (Å²) in [7, 11) is 0. The Bertz CT molecular complexity index is 4190. The Labute approximate surface area is 425 Å². The molecule has 0 radical (unpaired) electrons. The van der Waals surface area contributed by atoms with E-state index in [2.05, 4.69) is 272 Å². The van der Waals surface area contributed by atoms with E-state index in [4.69, 9.17) is 4.42 Å². The molecular formula is C70H48N2O. The van der Waals surface area contributed by atoms with Gasteiger partial charge in [-0.1, -0.05) is 202 Å². The molecule has 1 heterocycles. The second-order valence-electron chi connectivity index (χ2n) is 20.3. The zero-order valence-corrected chi connectivity index (χ0v) is 40.6. The van der Waals surface area contributed by atoms with Crippen molar-refractivity contribution in [2.75, 3.05) is 9.80 Å². The first-order valence-corrected chi connectivity index (χ1v) is 25.4. The monoisotopic (exact) mass is 932 g/mol. The molecule has 344 valence electrons. The third-order valence-electron chi connectivity index (χ3n) is 16.3. The van der Waals surface area contributed by atoms with E-state index in [0.717, 1.165) is 56.1 Å². The Morgan fingerprint density at radius 3 is 1.38 bits per heavy atom. The van der Waals surface area contributed by atoms with Crippen LogP contribution >= 0.6 is 0 Å². The normalized spacial score (nSPS) is 15.2. The van der Waals surface area contributed by atoms with E-state index in [1.807, 2.05) is 6.07 Å². The predicted molar refractivity (Wildman–Crippen MR) is 302 cm³/mol. The molecule has 12 aromatic rings. The lowest BCUT2D eigenvalue weighted by Gasteiger charge is -2.34. The van der Waals surface area contributed by atoms with Gasteiger partial charge in [-0.05, 0) is 139 Å². The van der Waals surface area contributed by atoms with Gasteiger partial charge in [0.25, 0.3) is 0 Å². The SMILES string of the molecule is CC1(C)c2ccccc2-c2ccc(N(c3ccc4c(c3)C3(c5ccccc5-4)c4ccccc4-c4ccc(N(c5ccccc5)c5cccc6c5oc5ccccc56)cc43)c3ccccc3-c3ccccc3)cc21. The zero-order valence-electron chi connectivity index (χ0n) is 40.6. The Kier molecular flexibility index (Phi) is 8.92. The average molecular weight is 933 g/mol. The fraction of sp³-hybridized carbons (Fsp3) is 0.0571. The van der Waals surface area contributed by atoms with E-state index < -0.39 is 5.41 Å². The maximum absolute atomic E-state index is 6.79. The minimum absolute atomic E-state index is 0.172. The highest BCUT2D eigenvalue weighted by Gasteiger charge is 2.52. The summed E-state index contributed by atoms with van der Waals surface area (Å²) < 4.78 is 6.79. The van der Waals surface area contributed by atoms with E-state index in [1.165, 1.54) is 77.9 Å². The minimum Gasteiger partial charge on any atom is -0.454 e. The summed E-state index contributed by atoms with van der Waals surface area (Å²) in [6.45, 7) is 4.75. The van der Waals surface area contributed by atoms with Crippen molar-refractivity contribution in [3.05, 3.63) is 288 Å². The molecule has 1 atom stereocenters.